The third-order valence-electron chi connectivity index (χ3n) is 2.34. The zero-order chi connectivity index (χ0) is 13.5. The fourth-order valence-corrected chi connectivity index (χ4v) is 2.37. The van der Waals surface area contributed by atoms with Crippen LogP contribution in [0.3, 0.4) is 0 Å². The van der Waals surface area contributed by atoms with Crippen molar-refractivity contribution in [1.29, 1.82) is 0 Å². The third kappa shape index (κ3) is 5.29. The minimum Gasteiger partial charge on any atom is -0.333 e. The zero-order valence-corrected chi connectivity index (χ0v) is 11.9. The van der Waals surface area contributed by atoms with Crippen LogP contribution in [0.4, 0.5) is 4.79 Å². The van der Waals surface area contributed by atoms with Gasteiger partial charge in [-0.25, -0.2) is 0 Å². The normalized spacial score (nSPS) is 11.9. The quantitative estimate of drug-likeness (QED) is 0.661. The number of thioether (sulfide) groups is 1. The van der Waals surface area contributed by atoms with Gasteiger partial charge in [-0.2, -0.15) is 0 Å². The van der Waals surface area contributed by atoms with E-state index in [2.05, 4.69) is 37.2 Å². The van der Waals surface area contributed by atoms with Crippen molar-refractivity contribution in [2.75, 3.05) is 0 Å². The molecule has 96 valence electrons. The number of amides is 1. The Kier molecular flexibility index (Phi) is 5.80. The van der Waals surface area contributed by atoms with E-state index in [9.17, 15) is 4.79 Å². The Balaban J connectivity index is 2.62. The molecule has 0 saturated carbocycles. The van der Waals surface area contributed by atoms with Gasteiger partial charge >= 0.3 is 0 Å². The lowest BCUT2D eigenvalue weighted by Crippen LogP contribution is -2.27. The molecule has 18 heavy (non-hydrogen) atoms. The lowest BCUT2D eigenvalue weighted by Gasteiger charge is -2.09. The summed E-state index contributed by atoms with van der Waals surface area (Å²) < 4.78 is 0. The van der Waals surface area contributed by atoms with E-state index in [1.807, 2.05) is 12.1 Å². The molecule has 1 aromatic rings. The van der Waals surface area contributed by atoms with E-state index in [-0.39, 0.29) is 11.3 Å². The fourth-order valence-electron chi connectivity index (χ4n) is 1.56. The van der Waals surface area contributed by atoms with Gasteiger partial charge in [0.1, 0.15) is 0 Å². The van der Waals surface area contributed by atoms with Gasteiger partial charge in [0.25, 0.3) is 5.24 Å². The molecule has 1 unspecified atom stereocenters. The van der Waals surface area contributed by atoms with E-state index in [1.54, 1.807) is 6.92 Å². The van der Waals surface area contributed by atoms with E-state index in [1.165, 1.54) is 17.3 Å². The first-order valence-electron chi connectivity index (χ1n) is 6.04. The lowest BCUT2D eigenvalue weighted by molar-refractivity contribution is 0.260. The summed E-state index contributed by atoms with van der Waals surface area (Å²) in [4.78, 5) is 12.6. The largest absolute Gasteiger partial charge is 0.333 e. The van der Waals surface area contributed by atoms with Crippen LogP contribution in [0.2, 0.25) is 0 Å². The maximum atomic E-state index is 11.7. The summed E-state index contributed by atoms with van der Waals surface area (Å²) in [5.74, 6) is 3.09. The van der Waals surface area contributed by atoms with Gasteiger partial charge < -0.3 is 5.32 Å². The number of carbonyl (C=O) groups excluding carboxylic acids is 1. The highest BCUT2D eigenvalue weighted by Crippen LogP contribution is 2.21. The molecule has 0 heterocycles. The van der Waals surface area contributed by atoms with Crippen LogP contribution in [-0.2, 0) is 6.42 Å². The highest BCUT2D eigenvalue weighted by molar-refractivity contribution is 8.13. The predicted octanol–water partition coefficient (Wildman–Crippen LogP) is 3.71. The van der Waals surface area contributed by atoms with Gasteiger partial charge in [0, 0.05) is 4.90 Å². The third-order valence-corrected chi connectivity index (χ3v) is 3.13. The molecule has 2 nitrogen and oxygen atoms in total. The molecule has 1 aromatic carbocycles. The van der Waals surface area contributed by atoms with E-state index >= 15 is 0 Å². The molecule has 3 heteroatoms. The van der Waals surface area contributed by atoms with Gasteiger partial charge in [-0.15, -0.1) is 6.42 Å². The van der Waals surface area contributed by atoms with Gasteiger partial charge in [-0.1, -0.05) is 31.9 Å². The maximum absolute atomic E-state index is 11.7. The monoisotopic (exact) mass is 261 g/mol. The number of carbonyl (C=O) groups is 1. The predicted molar refractivity (Wildman–Crippen MR) is 77.7 cm³/mol. The molecule has 0 spiro atoms. The molecule has 1 rings (SSSR count). The summed E-state index contributed by atoms with van der Waals surface area (Å²) in [7, 11) is 0. The Hall–Kier alpha value is -1.40. The second-order valence-electron chi connectivity index (χ2n) is 4.67. The molecule has 1 N–H and O–H groups in total. The van der Waals surface area contributed by atoms with Gasteiger partial charge in [-0.3, -0.25) is 4.79 Å². The van der Waals surface area contributed by atoms with Crippen LogP contribution in [0.5, 0.6) is 0 Å². The van der Waals surface area contributed by atoms with Crippen molar-refractivity contribution in [2.24, 2.45) is 5.92 Å². The van der Waals surface area contributed by atoms with Gasteiger partial charge in [-0.05, 0) is 48.7 Å². The molecule has 0 aromatic heterocycles. The van der Waals surface area contributed by atoms with Crippen molar-refractivity contribution < 1.29 is 4.79 Å². The highest BCUT2D eigenvalue weighted by atomic mass is 32.2. The number of nitrogens with one attached hydrogen (secondary N) is 1. The van der Waals surface area contributed by atoms with Crippen LogP contribution >= 0.6 is 11.8 Å². The SMILES string of the molecule is C#CC(C)NC(=O)Sc1cccc(CC(C)C)c1. The smallest absolute Gasteiger partial charge is 0.284 e. The second-order valence-corrected chi connectivity index (χ2v) is 5.71. The van der Waals surface area contributed by atoms with Crippen LogP contribution in [0.25, 0.3) is 0 Å². The van der Waals surface area contributed by atoms with E-state index in [0.29, 0.717) is 5.92 Å². The Morgan fingerprint density at radius 3 is 2.78 bits per heavy atom. The summed E-state index contributed by atoms with van der Waals surface area (Å²) in [5.41, 5.74) is 1.26. The van der Waals surface area contributed by atoms with Crippen LogP contribution in [0.1, 0.15) is 26.3 Å². The second kappa shape index (κ2) is 7.13. The standard InChI is InChI=1S/C15H19NOS/c1-5-12(4)16-15(17)18-14-8-6-7-13(10-14)9-11(2)3/h1,6-8,10-12H,9H2,2-4H3,(H,16,17). The number of benzene rings is 1. The summed E-state index contributed by atoms with van der Waals surface area (Å²) in [6, 6.07) is 7.84. The molecule has 0 bridgehead atoms. The first kappa shape index (κ1) is 14.7. The Morgan fingerprint density at radius 1 is 1.44 bits per heavy atom. The molecule has 0 aliphatic carbocycles. The molecular formula is C15H19NOS. The van der Waals surface area contributed by atoms with Crippen LogP contribution < -0.4 is 5.32 Å². The molecule has 1 amide bonds. The topological polar surface area (TPSA) is 29.1 Å². The Labute approximate surface area is 114 Å². The number of hydrogen-bond donors (Lipinski definition) is 1. The first-order chi connectivity index (χ1) is 8.51. The summed E-state index contributed by atoms with van der Waals surface area (Å²) >= 11 is 1.18. The van der Waals surface area contributed by atoms with Crippen molar-refractivity contribution in [1.82, 2.24) is 5.32 Å². The molecule has 0 aliphatic heterocycles. The highest BCUT2D eigenvalue weighted by Gasteiger charge is 2.07. The lowest BCUT2D eigenvalue weighted by atomic mass is 10.0. The minimum atomic E-state index is -0.233. The summed E-state index contributed by atoms with van der Waals surface area (Å²) in [6.07, 6.45) is 6.24. The molecule has 0 aliphatic rings. The average molecular weight is 261 g/mol. The molecule has 0 fully saturated rings. The number of rotatable bonds is 4. The zero-order valence-electron chi connectivity index (χ0n) is 11.1. The summed E-state index contributed by atoms with van der Waals surface area (Å²) in [6.45, 7) is 6.15. The van der Waals surface area contributed by atoms with Crippen LogP contribution in [-0.4, -0.2) is 11.3 Å². The van der Waals surface area contributed by atoms with Gasteiger partial charge in [0.05, 0.1) is 6.04 Å². The van der Waals surface area contributed by atoms with Crippen molar-refractivity contribution in [3.05, 3.63) is 29.8 Å². The van der Waals surface area contributed by atoms with Gasteiger partial charge in [0.15, 0.2) is 0 Å². The van der Waals surface area contributed by atoms with Gasteiger partial charge in [0.2, 0.25) is 0 Å². The van der Waals surface area contributed by atoms with Crippen molar-refractivity contribution >= 4 is 17.0 Å². The van der Waals surface area contributed by atoms with E-state index in [0.717, 1.165) is 11.3 Å². The Bertz CT molecular complexity index is 448. The summed E-state index contributed by atoms with van der Waals surface area (Å²) in [5, 5.41) is 2.62. The van der Waals surface area contributed by atoms with E-state index in [4.69, 9.17) is 6.42 Å². The van der Waals surface area contributed by atoms with Crippen molar-refractivity contribution in [2.45, 2.75) is 38.1 Å². The minimum absolute atomic E-state index is 0.109. The van der Waals surface area contributed by atoms with Crippen molar-refractivity contribution in [3.63, 3.8) is 0 Å². The maximum Gasteiger partial charge on any atom is 0.284 e. The molecule has 0 radical (unpaired) electrons. The Morgan fingerprint density at radius 2 is 2.17 bits per heavy atom. The number of hydrogen-bond acceptors (Lipinski definition) is 2. The van der Waals surface area contributed by atoms with E-state index < -0.39 is 0 Å². The molecular weight excluding hydrogens is 242 g/mol. The van der Waals surface area contributed by atoms with Crippen LogP contribution in [0, 0.1) is 18.3 Å². The molecule has 0 saturated heterocycles. The van der Waals surface area contributed by atoms with Crippen molar-refractivity contribution in [3.8, 4) is 12.3 Å². The molecule has 1 atom stereocenters. The average Bonchev–Trinajstić information content (AvgIpc) is 2.28. The van der Waals surface area contributed by atoms with Crippen LogP contribution in [0.15, 0.2) is 29.2 Å². The fraction of sp³-hybridized carbons (Fsp3) is 0.400. The number of terminal acetylenes is 1. The first-order valence-corrected chi connectivity index (χ1v) is 6.86.